The molecule has 0 spiro atoms. The summed E-state index contributed by atoms with van der Waals surface area (Å²) < 4.78 is 27.7. The molecule has 0 bridgehead atoms. The first-order chi connectivity index (χ1) is 10.5. The lowest BCUT2D eigenvalue weighted by molar-refractivity contribution is -0.113. The van der Waals surface area contributed by atoms with Gasteiger partial charge in [0.05, 0.1) is 5.75 Å². The van der Waals surface area contributed by atoms with Gasteiger partial charge < -0.3 is 9.88 Å². The van der Waals surface area contributed by atoms with Gasteiger partial charge >= 0.3 is 0 Å². The zero-order valence-corrected chi connectivity index (χ0v) is 12.7. The number of nitrogens with one attached hydrogen (secondary N) is 1. The largest absolute Gasteiger partial charge is 0.325 e. The van der Waals surface area contributed by atoms with Gasteiger partial charge in [0.1, 0.15) is 5.82 Å². The molecule has 0 aliphatic carbocycles. The van der Waals surface area contributed by atoms with Crippen LogP contribution in [-0.4, -0.2) is 26.4 Å². The lowest BCUT2D eigenvalue weighted by Crippen LogP contribution is -2.15. The Labute approximate surface area is 130 Å². The van der Waals surface area contributed by atoms with E-state index in [2.05, 4.69) is 22.1 Å². The summed E-state index contributed by atoms with van der Waals surface area (Å²) in [4.78, 5) is 11.8. The van der Waals surface area contributed by atoms with E-state index in [4.69, 9.17) is 0 Å². The third kappa shape index (κ3) is 3.91. The van der Waals surface area contributed by atoms with E-state index >= 15 is 0 Å². The standard InChI is InChI=1S/C14H14F2N4OS/c1-3-6-20-9(2)18-19-14(20)22-8-13(21)17-10-4-5-11(15)12(16)7-10/h3-5,7H,1,6,8H2,2H3,(H,17,21). The molecule has 5 nitrogen and oxygen atoms in total. The number of nitrogens with zero attached hydrogens (tertiary/aromatic N) is 3. The fourth-order valence-electron chi connectivity index (χ4n) is 1.71. The van der Waals surface area contributed by atoms with E-state index in [1.165, 1.54) is 17.8 Å². The molecule has 8 heteroatoms. The van der Waals surface area contributed by atoms with Crippen molar-refractivity contribution in [1.29, 1.82) is 0 Å². The Balaban J connectivity index is 1.95. The molecule has 1 amide bonds. The van der Waals surface area contributed by atoms with Crippen LogP contribution in [0.3, 0.4) is 0 Å². The smallest absolute Gasteiger partial charge is 0.234 e. The third-order valence-corrected chi connectivity index (χ3v) is 3.72. The highest BCUT2D eigenvalue weighted by atomic mass is 32.2. The number of hydrogen-bond acceptors (Lipinski definition) is 4. The first-order valence-electron chi connectivity index (χ1n) is 6.39. The summed E-state index contributed by atoms with van der Waals surface area (Å²) in [6, 6.07) is 3.19. The van der Waals surface area contributed by atoms with E-state index in [1.807, 2.05) is 11.5 Å². The highest BCUT2D eigenvalue weighted by Crippen LogP contribution is 2.18. The summed E-state index contributed by atoms with van der Waals surface area (Å²) in [5, 5.41) is 11.0. The van der Waals surface area contributed by atoms with Gasteiger partial charge in [-0.05, 0) is 19.1 Å². The fourth-order valence-corrected chi connectivity index (χ4v) is 2.50. The highest BCUT2D eigenvalue weighted by Gasteiger charge is 2.11. The molecule has 0 aliphatic heterocycles. The number of hydrogen-bond donors (Lipinski definition) is 1. The van der Waals surface area contributed by atoms with Crippen LogP contribution in [0.25, 0.3) is 0 Å². The van der Waals surface area contributed by atoms with Crippen LogP contribution in [0.15, 0.2) is 36.0 Å². The van der Waals surface area contributed by atoms with Crippen molar-refractivity contribution >= 4 is 23.4 Å². The van der Waals surface area contributed by atoms with Crippen LogP contribution in [0, 0.1) is 18.6 Å². The highest BCUT2D eigenvalue weighted by molar-refractivity contribution is 7.99. The number of anilines is 1. The Morgan fingerprint density at radius 1 is 1.41 bits per heavy atom. The molecule has 116 valence electrons. The number of carbonyl (C=O) groups is 1. The van der Waals surface area contributed by atoms with Gasteiger partial charge in [0.25, 0.3) is 0 Å². The molecule has 0 unspecified atom stereocenters. The minimum absolute atomic E-state index is 0.0777. The van der Waals surface area contributed by atoms with Crippen molar-refractivity contribution in [3.8, 4) is 0 Å². The van der Waals surface area contributed by atoms with Gasteiger partial charge in [0.2, 0.25) is 5.91 Å². The van der Waals surface area contributed by atoms with Crippen LogP contribution in [-0.2, 0) is 11.3 Å². The second kappa shape index (κ2) is 7.17. The molecular weight excluding hydrogens is 310 g/mol. The van der Waals surface area contributed by atoms with E-state index in [0.717, 1.165) is 18.0 Å². The predicted molar refractivity (Wildman–Crippen MR) is 80.7 cm³/mol. The lowest BCUT2D eigenvalue weighted by Gasteiger charge is -2.06. The predicted octanol–water partition coefficient (Wildman–Crippen LogP) is 2.78. The van der Waals surface area contributed by atoms with Crippen molar-refractivity contribution in [3.05, 3.63) is 48.3 Å². The Bertz CT molecular complexity index is 702. The average molecular weight is 324 g/mol. The number of halogens is 2. The monoisotopic (exact) mass is 324 g/mol. The van der Waals surface area contributed by atoms with Gasteiger partial charge in [0.15, 0.2) is 16.8 Å². The molecule has 1 aromatic heterocycles. The van der Waals surface area contributed by atoms with E-state index in [9.17, 15) is 13.6 Å². The first-order valence-corrected chi connectivity index (χ1v) is 7.38. The Kier molecular flexibility index (Phi) is 5.26. The number of aromatic nitrogens is 3. The topological polar surface area (TPSA) is 59.8 Å². The van der Waals surface area contributed by atoms with Gasteiger partial charge in [-0.2, -0.15) is 0 Å². The quantitative estimate of drug-likeness (QED) is 0.656. The van der Waals surface area contributed by atoms with Gasteiger partial charge in [-0.3, -0.25) is 4.79 Å². The normalized spacial score (nSPS) is 10.5. The summed E-state index contributed by atoms with van der Waals surface area (Å²) in [5.74, 6) is -1.51. The van der Waals surface area contributed by atoms with Crippen LogP contribution in [0.1, 0.15) is 5.82 Å². The molecule has 0 saturated carbocycles. The summed E-state index contributed by atoms with van der Waals surface area (Å²) in [5.41, 5.74) is 0.202. The van der Waals surface area contributed by atoms with Gasteiger partial charge in [0, 0.05) is 18.3 Å². The molecular formula is C14H14F2N4OS. The molecule has 1 heterocycles. The number of benzene rings is 1. The van der Waals surface area contributed by atoms with Crippen LogP contribution in [0.4, 0.5) is 14.5 Å². The van der Waals surface area contributed by atoms with E-state index in [1.54, 1.807) is 6.08 Å². The zero-order chi connectivity index (χ0) is 16.1. The molecule has 0 fully saturated rings. The molecule has 0 radical (unpaired) electrons. The number of carbonyl (C=O) groups excluding carboxylic acids is 1. The minimum Gasteiger partial charge on any atom is -0.325 e. The van der Waals surface area contributed by atoms with E-state index in [0.29, 0.717) is 11.7 Å². The van der Waals surface area contributed by atoms with Crippen molar-refractivity contribution in [2.75, 3.05) is 11.1 Å². The molecule has 22 heavy (non-hydrogen) atoms. The number of rotatable bonds is 6. The number of amides is 1. The van der Waals surface area contributed by atoms with E-state index < -0.39 is 11.6 Å². The molecule has 2 rings (SSSR count). The second-order valence-electron chi connectivity index (χ2n) is 4.39. The summed E-state index contributed by atoms with van der Waals surface area (Å²) in [7, 11) is 0. The summed E-state index contributed by atoms with van der Waals surface area (Å²) in [6.45, 7) is 6.01. The summed E-state index contributed by atoms with van der Waals surface area (Å²) in [6.07, 6.45) is 1.71. The van der Waals surface area contributed by atoms with E-state index in [-0.39, 0.29) is 17.3 Å². The second-order valence-corrected chi connectivity index (χ2v) is 5.34. The molecule has 1 N–H and O–H groups in total. The maximum Gasteiger partial charge on any atom is 0.234 e. The van der Waals surface area contributed by atoms with Crippen LogP contribution in [0.5, 0.6) is 0 Å². The van der Waals surface area contributed by atoms with Crippen molar-refractivity contribution in [2.45, 2.75) is 18.6 Å². The average Bonchev–Trinajstić information content (AvgIpc) is 2.82. The molecule has 0 atom stereocenters. The fraction of sp³-hybridized carbons (Fsp3) is 0.214. The Morgan fingerprint density at radius 2 is 2.18 bits per heavy atom. The molecule has 2 aromatic rings. The maximum absolute atomic E-state index is 13.1. The Hall–Kier alpha value is -2.22. The van der Waals surface area contributed by atoms with Crippen molar-refractivity contribution < 1.29 is 13.6 Å². The molecule has 0 saturated heterocycles. The van der Waals surface area contributed by atoms with Crippen LogP contribution in [0.2, 0.25) is 0 Å². The molecule has 1 aromatic carbocycles. The summed E-state index contributed by atoms with van der Waals surface area (Å²) >= 11 is 1.20. The third-order valence-electron chi connectivity index (χ3n) is 2.75. The van der Waals surface area contributed by atoms with Crippen molar-refractivity contribution in [2.24, 2.45) is 0 Å². The number of thioether (sulfide) groups is 1. The lowest BCUT2D eigenvalue weighted by atomic mass is 10.3. The maximum atomic E-state index is 13.1. The van der Waals surface area contributed by atoms with Gasteiger partial charge in [-0.1, -0.05) is 17.8 Å². The SMILES string of the molecule is C=CCn1c(C)nnc1SCC(=O)Nc1ccc(F)c(F)c1. The Morgan fingerprint density at radius 3 is 2.86 bits per heavy atom. The van der Waals surface area contributed by atoms with Gasteiger partial charge in [-0.15, -0.1) is 16.8 Å². The van der Waals surface area contributed by atoms with Crippen LogP contribution >= 0.6 is 11.8 Å². The number of allylic oxidation sites excluding steroid dienone is 1. The minimum atomic E-state index is -1.01. The van der Waals surface area contributed by atoms with Gasteiger partial charge in [-0.25, -0.2) is 8.78 Å². The van der Waals surface area contributed by atoms with Crippen molar-refractivity contribution in [1.82, 2.24) is 14.8 Å². The zero-order valence-electron chi connectivity index (χ0n) is 11.8. The number of aryl methyl sites for hydroxylation is 1. The van der Waals surface area contributed by atoms with Crippen molar-refractivity contribution in [3.63, 3.8) is 0 Å². The van der Waals surface area contributed by atoms with Crippen LogP contribution < -0.4 is 5.32 Å². The first kappa shape index (κ1) is 16.2. The molecule has 0 aliphatic rings.